The van der Waals surface area contributed by atoms with E-state index >= 15 is 0 Å². The zero-order chi connectivity index (χ0) is 42.6. The van der Waals surface area contributed by atoms with E-state index in [1.807, 2.05) is 0 Å². The molecule has 58 heavy (non-hydrogen) atoms. The van der Waals surface area contributed by atoms with Crippen LogP contribution >= 0.6 is 0 Å². The van der Waals surface area contributed by atoms with Crippen LogP contribution in [-0.2, 0) is 28.7 Å². The molecule has 0 heterocycles. The highest BCUT2D eigenvalue weighted by Gasteiger charge is 2.69. The maximum absolute atomic E-state index is 14.5. The molecule has 10 nitrogen and oxygen atoms in total. The summed E-state index contributed by atoms with van der Waals surface area (Å²) in [7, 11) is 0. The van der Waals surface area contributed by atoms with E-state index in [1.165, 1.54) is 0 Å². The van der Waals surface area contributed by atoms with Crippen molar-refractivity contribution in [3.63, 3.8) is 0 Å². The number of hydrogen-bond donors (Lipinski definition) is 4. The number of rotatable bonds is 19. The van der Waals surface area contributed by atoms with Crippen LogP contribution in [0.2, 0.25) is 0 Å². The van der Waals surface area contributed by atoms with Gasteiger partial charge in [0, 0.05) is 31.2 Å². The average Bonchev–Trinajstić information content (AvgIpc) is 3.14. The van der Waals surface area contributed by atoms with E-state index in [0.29, 0.717) is 24.7 Å². The first kappa shape index (κ1) is 46.2. The molecule has 0 aromatic carbocycles. The van der Waals surface area contributed by atoms with Crippen LogP contribution in [0.4, 0.5) is 0 Å². The van der Waals surface area contributed by atoms with Crippen molar-refractivity contribution in [3.05, 3.63) is 11.6 Å². The minimum absolute atomic E-state index is 0.0154. The van der Waals surface area contributed by atoms with Gasteiger partial charge in [-0.15, -0.1) is 0 Å². The van der Waals surface area contributed by atoms with Crippen LogP contribution in [0.15, 0.2) is 11.6 Å². The van der Waals surface area contributed by atoms with Gasteiger partial charge in [0.2, 0.25) is 11.8 Å². The van der Waals surface area contributed by atoms with Crippen molar-refractivity contribution >= 4 is 29.7 Å². The Balaban J connectivity index is 1.18. The topological polar surface area (TPSA) is 159 Å². The van der Waals surface area contributed by atoms with Gasteiger partial charge in [-0.05, 0) is 123 Å². The number of hydrogen-bond acceptors (Lipinski definition) is 6. The van der Waals surface area contributed by atoms with Crippen molar-refractivity contribution in [1.82, 2.24) is 10.6 Å². The molecule has 0 bridgehead atoms. The Morgan fingerprint density at radius 2 is 1.34 bits per heavy atom. The molecule has 8 atom stereocenters. The van der Waals surface area contributed by atoms with Gasteiger partial charge in [0.15, 0.2) is 0 Å². The number of carboxylic acids is 2. The van der Waals surface area contributed by atoms with Crippen molar-refractivity contribution in [2.45, 2.75) is 196 Å². The summed E-state index contributed by atoms with van der Waals surface area (Å²) in [6.07, 6.45) is 21.8. The summed E-state index contributed by atoms with van der Waals surface area (Å²) in [6.45, 7) is 17.5. The molecule has 4 N–H and O–H groups in total. The van der Waals surface area contributed by atoms with Gasteiger partial charge in [-0.1, -0.05) is 98.6 Å². The number of ether oxygens (including phenoxy) is 1. The van der Waals surface area contributed by atoms with Crippen molar-refractivity contribution in [2.24, 2.45) is 50.2 Å². The molecule has 5 rings (SSSR count). The Morgan fingerprint density at radius 1 is 0.690 bits per heavy atom. The molecule has 0 aromatic heterocycles. The Bertz CT molecular complexity index is 1550. The molecular weight excluding hydrogens is 733 g/mol. The smallest absolute Gasteiger partial charge is 0.322 e. The summed E-state index contributed by atoms with van der Waals surface area (Å²) in [4.78, 5) is 60.6. The number of fused-ring (bicyclic) bond motifs is 7. The fraction of sp³-hybridized carbons (Fsp3) is 0.854. The summed E-state index contributed by atoms with van der Waals surface area (Å²) >= 11 is 0. The van der Waals surface area contributed by atoms with Crippen LogP contribution in [-0.4, -0.2) is 59.1 Å². The largest absolute Gasteiger partial charge is 0.481 e. The SMILES string of the molecule is CC1(C)CC[C@]2(C(=O)NCCCCCCCCCCC(=O)NCC(=O)O)CC[C@]3(C)C(=CCC4[C@@]5(C)CC[C@H](OC(=O)CCCC(=O)O)C(C)(C)C5CC[C@]43C)C2C1. The highest BCUT2D eigenvalue weighted by molar-refractivity contribution is 5.84. The number of carbonyl (C=O) groups is 5. The molecule has 0 aliphatic heterocycles. The monoisotopic (exact) mass is 811 g/mol. The molecule has 4 saturated carbocycles. The Hall–Kier alpha value is -2.91. The van der Waals surface area contributed by atoms with E-state index in [4.69, 9.17) is 14.9 Å². The first-order valence-corrected chi connectivity index (χ1v) is 23.1. The number of amides is 2. The second-order valence-corrected chi connectivity index (χ2v) is 21.5. The first-order valence-electron chi connectivity index (χ1n) is 23.1. The van der Waals surface area contributed by atoms with E-state index in [9.17, 15) is 24.0 Å². The summed E-state index contributed by atoms with van der Waals surface area (Å²) in [5, 5.41) is 23.6. The number of esters is 1. The molecule has 0 spiro atoms. The number of unbranched alkanes of at least 4 members (excludes halogenated alkanes) is 7. The quantitative estimate of drug-likeness (QED) is 0.0570. The molecule has 4 fully saturated rings. The Labute approximate surface area is 349 Å². The molecule has 5 aliphatic carbocycles. The lowest BCUT2D eigenvalue weighted by Crippen LogP contribution is -2.65. The van der Waals surface area contributed by atoms with Gasteiger partial charge in [0.05, 0.1) is 5.41 Å². The van der Waals surface area contributed by atoms with E-state index in [1.54, 1.807) is 5.57 Å². The highest BCUT2D eigenvalue weighted by atomic mass is 16.5. The van der Waals surface area contributed by atoms with E-state index < -0.39 is 11.9 Å². The van der Waals surface area contributed by atoms with Crippen LogP contribution in [0.3, 0.4) is 0 Å². The molecular formula is C48H78N2O8. The number of carboxylic acid groups (broad SMARTS) is 2. The normalized spacial score (nSPS) is 34.5. The van der Waals surface area contributed by atoms with Crippen LogP contribution in [0.25, 0.3) is 0 Å². The van der Waals surface area contributed by atoms with E-state index in [2.05, 4.69) is 65.2 Å². The standard InChI is InChI=1S/C48H78N2O8/c1-43(2)26-28-48(42(57)49-30-15-13-11-9-8-10-12-14-17-38(51)50-32-40(54)55)29-27-46(6)33(34(48)31-43)20-21-36-45(5)24-23-37(58-41(56)19-16-18-39(52)53)44(3,4)35(45)22-25-47(36,46)7/h20,34-37H,8-19,21-32H2,1-7H3,(H,49,57)(H,50,51)(H,52,53)(H,54,55)/t34?,35?,36?,37-,45-,46+,47+,48-/m0/s1. The van der Waals surface area contributed by atoms with Crippen molar-refractivity contribution in [3.8, 4) is 0 Å². The lowest BCUT2D eigenvalue weighted by Gasteiger charge is -2.71. The van der Waals surface area contributed by atoms with Gasteiger partial charge in [-0.3, -0.25) is 24.0 Å². The van der Waals surface area contributed by atoms with Gasteiger partial charge < -0.3 is 25.6 Å². The molecule has 5 aliphatic rings. The van der Waals surface area contributed by atoms with E-state index in [-0.39, 0.29) is 81.7 Å². The van der Waals surface area contributed by atoms with Crippen molar-refractivity contribution < 1.29 is 38.9 Å². The van der Waals surface area contributed by atoms with E-state index in [0.717, 1.165) is 122 Å². The number of aliphatic carboxylic acids is 2. The third-order valence-corrected chi connectivity index (χ3v) is 17.1. The van der Waals surface area contributed by atoms with Gasteiger partial charge in [-0.2, -0.15) is 0 Å². The molecule has 2 amide bonds. The maximum Gasteiger partial charge on any atom is 0.322 e. The lowest BCUT2D eigenvalue weighted by molar-refractivity contribution is -0.213. The van der Waals surface area contributed by atoms with Crippen molar-refractivity contribution in [2.75, 3.05) is 13.1 Å². The van der Waals surface area contributed by atoms with Crippen LogP contribution in [0.1, 0.15) is 190 Å². The minimum atomic E-state index is -1.02. The maximum atomic E-state index is 14.5. The molecule has 10 heteroatoms. The molecule has 0 radical (unpaired) electrons. The third-order valence-electron chi connectivity index (χ3n) is 17.1. The van der Waals surface area contributed by atoms with Crippen LogP contribution in [0, 0.1) is 50.2 Å². The fourth-order valence-corrected chi connectivity index (χ4v) is 13.5. The predicted octanol–water partition coefficient (Wildman–Crippen LogP) is 9.78. The number of carbonyl (C=O) groups excluding carboxylic acids is 3. The van der Waals surface area contributed by atoms with Crippen molar-refractivity contribution in [1.29, 1.82) is 0 Å². The highest BCUT2D eigenvalue weighted by Crippen LogP contribution is 2.76. The first-order chi connectivity index (χ1) is 27.2. The second-order valence-electron chi connectivity index (χ2n) is 21.5. The van der Waals surface area contributed by atoms with Crippen LogP contribution < -0.4 is 10.6 Å². The molecule has 3 unspecified atom stereocenters. The zero-order valence-corrected chi connectivity index (χ0v) is 37.2. The van der Waals surface area contributed by atoms with Crippen LogP contribution in [0.5, 0.6) is 0 Å². The summed E-state index contributed by atoms with van der Waals surface area (Å²) in [5.41, 5.74) is 1.48. The Kier molecular flexibility index (Phi) is 14.6. The number of nitrogens with one attached hydrogen (secondary N) is 2. The predicted molar refractivity (Wildman–Crippen MR) is 226 cm³/mol. The van der Waals surface area contributed by atoms with Gasteiger partial charge in [-0.25, -0.2) is 0 Å². The summed E-state index contributed by atoms with van der Waals surface area (Å²) in [5.74, 6) is -0.900. The summed E-state index contributed by atoms with van der Waals surface area (Å²) < 4.78 is 6.14. The average molecular weight is 811 g/mol. The Morgan fingerprint density at radius 3 is 2.02 bits per heavy atom. The third kappa shape index (κ3) is 9.51. The number of allylic oxidation sites excluding steroid dienone is 2. The zero-order valence-electron chi connectivity index (χ0n) is 37.2. The molecule has 0 aromatic rings. The second kappa shape index (κ2) is 18.4. The minimum Gasteiger partial charge on any atom is -0.481 e. The van der Waals surface area contributed by atoms with Gasteiger partial charge in [0.25, 0.3) is 0 Å². The van der Waals surface area contributed by atoms with Gasteiger partial charge in [0.1, 0.15) is 12.6 Å². The van der Waals surface area contributed by atoms with Gasteiger partial charge >= 0.3 is 17.9 Å². The summed E-state index contributed by atoms with van der Waals surface area (Å²) in [6, 6.07) is 0. The lowest BCUT2D eigenvalue weighted by atomic mass is 9.33. The molecule has 328 valence electrons. The molecule has 0 saturated heterocycles. The fourth-order valence-electron chi connectivity index (χ4n) is 13.5.